The first kappa shape index (κ1) is 13.4. The summed E-state index contributed by atoms with van der Waals surface area (Å²) in [4.78, 5) is 0. The number of halogens is 1. The molecule has 0 spiro atoms. The largest absolute Gasteiger partial charge is 0.489 e. The Kier molecular flexibility index (Phi) is 4.41. The van der Waals surface area contributed by atoms with E-state index in [1.807, 2.05) is 42.5 Å². The number of benzene rings is 2. The number of ether oxygens (including phenoxy) is 1. The Hall–Kier alpha value is -2.01. The van der Waals surface area contributed by atoms with Crippen LogP contribution in [0.1, 0.15) is 11.1 Å². The van der Waals surface area contributed by atoms with Gasteiger partial charge in [0.15, 0.2) is 5.84 Å². The van der Waals surface area contributed by atoms with Crippen molar-refractivity contribution in [3.05, 3.63) is 64.1 Å². The fraction of sp³-hybridized carbons (Fsp3) is 0.0714. The zero-order valence-corrected chi connectivity index (χ0v) is 11.7. The number of nitrogens with two attached hydrogens (primary N) is 1. The van der Waals surface area contributed by atoms with Gasteiger partial charge < -0.3 is 15.7 Å². The quantitative estimate of drug-likeness (QED) is 0.393. The lowest BCUT2D eigenvalue weighted by atomic mass is 10.1. The number of hydrogen-bond donors (Lipinski definition) is 2. The molecular weight excluding hydrogens is 308 g/mol. The molecular formula is C14H13BrN2O2. The van der Waals surface area contributed by atoms with Gasteiger partial charge in [0, 0.05) is 15.6 Å². The van der Waals surface area contributed by atoms with Crippen LogP contribution in [0.5, 0.6) is 5.75 Å². The van der Waals surface area contributed by atoms with Gasteiger partial charge in [0.1, 0.15) is 12.4 Å². The summed E-state index contributed by atoms with van der Waals surface area (Å²) in [6.45, 7) is 0.350. The van der Waals surface area contributed by atoms with E-state index in [1.54, 1.807) is 6.07 Å². The minimum atomic E-state index is 0.0773. The van der Waals surface area contributed by atoms with Crippen LogP contribution in [0.3, 0.4) is 0 Å². The summed E-state index contributed by atoms with van der Waals surface area (Å²) < 4.78 is 6.64. The molecule has 0 bridgehead atoms. The van der Waals surface area contributed by atoms with Gasteiger partial charge in [0.2, 0.25) is 0 Å². The molecule has 0 fully saturated rings. The van der Waals surface area contributed by atoms with E-state index in [2.05, 4.69) is 21.1 Å². The maximum atomic E-state index is 8.75. The highest BCUT2D eigenvalue weighted by Gasteiger charge is 2.06. The van der Waals surface area contributed by atoms with E-state index in [4.69, 9.17) is 15.7 Å². The molecule has 0 heterocycles. The Morgan fingerprint density at radius 1 is 1.21 bits per heavy atom. The van der Waals surface area contributed by atoms with Crippen molar-refractivity contribution in [3.8, 4) is 5.75 Å². The molecule has 19 heavy (non-hydrogen) atoms. The van der Waals surface area contributed by atoms with Crippen molar-refractivity contribution in [3.63, 3.8) is 0 Å². The van der Waals surface area contributed by atoms with Crippen LogP contribution in [-0.2, 0) is 6.61 Å². The van der Waals surface area contributed by atoms with E-state index in [-0.39, 0.29) is 5.84 Å². The number of rotatable bonds is 4. The van der Waals surface area contributed by atoms with Crippen molar-refractivity contribution in [2.75, 3.05) is 0 Å². The van der Waals surface area contributed by atoms with E-state index in [1.165, 1.54) is 0 Å². The highest BCUT2D eigenvalue weighted by molar-refractivity contribution is 9.10. The van der Waals surface area contributed by atoms with Gasteiger partial charge in [-0.2, -0.15) is 0 Å². The molecule has 0 aliphatic heterocycles. The predicted octanol–water partition coefficient (Wildman–Crippen LogP) is 3.12. The van der Waals surface area contributed by atoms with Crippen LogP contribution in [0.2, 0.25) is 0 Å². The number of oxime groups is 1. The van der Waals surface area contributed by atoms with E-state index in [9.17, 15) is 0 Å². The summed E-state index contributed by atoms with van der Waals surface area (Å²) in [5, 5.41) is 11.8. The summed E-state index contributed by atoms with van der Waals surface area (Å²) in [7, 11) is 0. The van der Waals surface area contributed by atoms with Gasteiger partial charge in [-0.05, 0) is 18.2 Å². The Morgan fingerprint density at radius 3 is 2.74 bits per heavy atom. The second-order valence-electron chi connectivity index (χ2n) is 3.89. The standard InChI is InChI=1S/C14H13BrN2O2/c15-11-5-3-6-12(8-11)19-9-10-4-1-2-7-13(10)14(16)17-18/h1-8,18H,9H2,(H2,16,17). The SMILES string of the molecule is N/C(=N\O)c1ccccc1COc1cccc(Br)c1. The van der Waals surface area contributed by atoms with E-state index >= 15 is 0 Å². The molecule has 0 saturated carbocycles. The molecule has 0 radical (unpaired) electrons. The highest BCUT2D eigenvalue weighted by Crippen LogP contribution is 2.19. The summed E-state index contributed by atoms with van der Waals surface area (Å²) in [6, 6.07) is 15.0. The third-order valence-electron chi connectivity index (χ3n) is 2.59. The first-order valence-corrected chi connectivity index (χ1v) is 6.44. The molecule has 2 rings (SSSR count). The summed E-state index contributed by atoms with van der Waals surface area (Å²) in [6.07, 6.45) is 0. The van der Waals surface area contributed by atoms with Gasteiger partial charge >= 0.3 is 0 Å². The molecule has 98 valence electrons. The number of amidine groups is 1. The molecule has 4 nitrogen and oxygen atoms in total. The monoisotopic (exact) mass is 320 g/mol. The molecule has 0 amide bonds. The normalized spacial score (nSPS) is 11.3. The van der Waals surface area contributed by atoms with E-state index in [0.717, 1.165) is 15.8 Å². The van der Waals surface area contributed by atoms with Crippen LogP contribution in [-0.4, -0.2) is 11.0 Å². The lowest BCUT2D eigenvalue weighted by Crippen LogP contribution is -2.16. The average Bonchev–Trinajstić information content (AvgIpc) is 2.45. The van der Waals surface area contributed by atoms with Gasteiger partial charge in [-0.1, -0.05) is 51.4 Å². The second-order valence-corrected chi connectivity index (χ2v) is 4.80. The minimum Gasteiger partial charge on any atom is -0.489 e. The van der Waals surface area contributed by atoms with Gasteiger partial charge in [-0.15, -0.1) is 0 Å². The Morgan fingerprint density at radius 2 is 2.00 bits per heavy atom. The number of nitrogens with zero attached hydrogens (tertiary/aromatic N) is 1. The lowest BCUT2D eigenvalue weighted by molar-refractivity contribution is 0.305. The van der Waals surface area contributed by atoms with Crippen molar-refractivity contribution < 1.29 is 9.94 Å². The highest BCUT2D eigenvalue weighted by atomic mass is 79.9. The second kappa shape index (κ2) is 6.24. The zero-order chi connectivity index (χ0) is 13.7. The van der Waals surface area contributed by atoms with E-state index < -0.39 is 0 Å². The summed E-state index contributed by atoms with van der Waals surface area (Å²) >= 11 is 3.39. The molecule has 0 aliphatic rings. The van der Waals surface area contributed by atoms with Gasteiger partial charge in [-0.3, -0.25) is 0 Å². The van der Waals surface area contributed by atoms with Crippen LogP contribution in [0.15, 0.2) is 58.2 Å². The Labute approximate surface area is 119 Å². The third kappa shape index (κ3) is 3.48. The van der Waals surface area contributed by atoms with Crippen LogP contribution >= 0.6 is 15.9 Å². The molecule has 3 N–H and O–H groups in total. The Balaban J connectivity index is 2.16. The smallest absolute Gasteiger partial charge is 0.170 e. The van der Waals surface area contributed by atoms with Crippen LogP contribution in [0.25, 0.3) is 0 Å². The lowest BCUT2D eigenvalue weighted by Gasteiger charge is -2.10. The first-order valence-electron chi connectivity index (χ1n) is 5.65. The molecule has 5 heteroatoms. The minimum absolute atomic E-state index is 0.0773. The molecule has 2 aromatic carbocycles. The van der Waals surface area contributed by atoms with Crippen molar-refractivity contribution in [1.29, 1.82) is 0 Å². The maximum Gasteiger partial charge on any atom is 0.170 e. The van der Waals surface area contributed by atoms with Gasteiger partial charge in [0.25, 0.3) is 0 Å². The van der Waals surface area contributed by atoms with Gasteiger partial charge in [-0.25, -0.2) is 0 Å². The van der Waals surface area contributed by atoms with Crippen molar-refractivity contribution in [2.45, 2.75) is 6.61 Å². The topological polar surface area (TPSA) is 67.8 Å². The molecule has 0 aliphatic carbocycles. The van der Waals surface area contributed by atoms with Crippen LogP contribution < -0.4 is 10.5 Å². The molecule has 0 saturated heterocycles. The third-order valence-corrected chi connectivity index (χ3v) is 3.08. The molecule has 0 unspecified atom stereocenters. The fourth-order valence-corrected chi connectivity index (χ4v) is 2.05. The van der Waals surface area contributed by atoms with Gasteiger partial charge in [0.05, 0.1) is 0 Å². The first-order chi connectivity index (χ1) is 9.20. The average molecular weight is 321 g/mol. The van der Waals surface area contributed by atoms with Crippen molar-refractivity contribution in [1.82, 2.24) is 0 Å². The molecule has 0 atom stereocenters. The maximum absolute atomic E-state index is 8.75. The van der Waals surface area contributed by atoms with Crippen molar-refractivity contribution in [2.24, 2.45) is 10.9 Å². The summed E-state index contributed by atoms with van der Waals surface area (Å²) in [5.74, 6) is 0.831. The molecule has 0 aromatic heterocycles. The fourth-order valence-electron chi connectivity index (χ4n) is 1.67. The zero-order valence-electron chi connectivity index (χ0n) is 10.1. The number of hydrogen-bond acceptors (Lipinski definition) is 3. The van der Waals surface area contributed by atoms with Crippen LogP contribution in [0.4, 0.5) is 0 Å². The Bertz CT molecular complexity index is 600. The predicted molar refractivity (Wildman–Crippen MR) is 77.4 cm³/mol. The van der Waals surface area contributed by atoms with E-state index in [0.29, 0.717) is 12.2 Å². The molecule has 2 aromatic rings. The van der Waals surface area contributed by atoms with Crippen LogP contribution in [0, 0.1) is 0 Å². The van der Waals surface area contributed by atoms with Crippen molar-refractivity contribution >= 4 is 21.8 Å². The summed E-state index contributed by atoms with van der Waals surface area (Å²) in [5.41, 5.74) is 7.15.